The molecule has 0 saturated heterocycles. The molecule has 1 aromatic carbocycles. The van der Waals surface area contributed by atoms with Gasteiger partial charge in [-0.15, -0.1) is 0 Å². The number of benzene rings is 1. The van der Waals surface area contributed by atoms with E-state index in [9.17, 15) is 5.11 Å². The number of rotatable bonds is 4. The summed E-state index contributed by atoms with van der Waals surface area (Å²) in [7, 11) is 1.64. The van der Waals surface area contributed by atoms with Crippen LogP contribution in [-0.4, -0.2) is 22.2 Å². The molecule has 0 spiro atoms. The number of aryl methyl sites for hydroxylation is 1. The Kier molecular flexibility index (Phi) is 4.24. The van der Waals surface area contributed by atoms with E-state index < -0.39 is 6.10 Å². The topological polar surface area (TPSA) is 55.2 Å². The van der Waals surface area contributed by atoms with Gasteiger partial charge >= 0.3 is 0 Å². The molecule has 0 bridgehead atoms. The van der Waals surface area contributed by atoms with Crippen LogP contribution in [0.2, 0.25) is 0 Å². The second kappa shape index (κ2) is 5.91. The minimum atomic E-state index is -0.563. The average Bonchev–Trinajstić information content (AvgIpc) is 2.40. The normalized spacial score (nSPS) is 14.1. The predicted molar refractivity (Wildman–Crippen MR) is 72.7 cm³/mol. The second-order valence-corrected chi connectivity index (χ2v) is 4.47. The summed E-state index contributed by atoms with van der Waals surface area (Å²) >= 11 is 0. The Morgan fingerprint density at radius 1 is 1.21 bits per heavy atom. The van der Waals surface area contributed by atoms with Gasteiger partial charge in [-0.1, -0.05) is 30.3 Å². The summed E-state index contributed by atoms with van der Waals surface area (Å²) in [4.78, 5) is 8.76. The molecule has 19 heavy (non-hydrogen) atoms. The van der Waals surface area contributed by atoms with Crippen molar-refractivity contribution in [3.05, 3.63) is 59.2 Å². The molecule has 100 valence electrons. The van der Waals surface area contributed by atoms with E-state index in [0.717, 1.165) is 16.8 Å². The highest BCUT2D eigenvalue weighted by atomic mass is 16.5. The molecule has 1 heterocycles. The van der Waals surface area contributed by atoms with E-state index in [1.54, 1.807) is 20.2 Å². The van der Waals surface area contributed by atoms with Crippen molar-refractivity contribution in [2.24, 2.45) is 0 Å². The van der Waals surface area contributed by atoms with Gasteiger partial charge in [-0.2, -0.15) is 0 Å². The second-order valence-electron chi connectivity index (χ2n) is 4.47. The van der Waals surface area contributed by atoms with Gasteiger partial charge in [0.1, 0.15) is 6.10 Å². The molecule has 0 aliphatic carbocycles. The zero-order valence-electron chi connectivity index (χ0n) is 11.4. The summed E-state index contributed by atoms with van der Waals surface area (Å²) in [5.41, 5.74) is 2.53. The molecule has 4 nitrogen and oxygen atoms in total. The molecule has 0 aliphatic rings. The van der Waals surface area contributed by atoms with Crippen molar-refractivity contribution in [2.75, 3.05) is 7.11 Å². The van der Waals surface area contributed by atoms with Crippen LogP contribution < -0.4 is 0 Å². The van der Waals surface area contributed by atoms with E-state index in [1.807, 2.05) is 37.3 Å². The van der Waals surface area contributed by atoms with Crippen LogP contribution >= 0.6 is 0 Å². The van der Waals surface area contributed by atoms with Crippen LogP contribution in [0.4, 0.5) is 0 Å². The largest absolute Gasteiger partial charge is 0.389 e. The Balaban J connectivity index is 2.37. The minimum absolute atomic E-state index is 0.289. The summed E-state index contributed by atoms with van der Waals surface area (Å²) in [5, 5.41) is 9.60. The van der Waals surface area contributed by atoms with Crippen LogP contribution in [0.3, 0.4) is 0 Å². The molecule has 0 amide bonds. The smallest absolute Gasteiger partial charge is 0.162 e. The molecule has 1 aromatic heterocycles. The van der Waals surface area contributed by atoms with Crippen molar-refractivity contribution < 1.29 is 9.84 Å². The maximum absolute atomic E-state index is 9.60. The van der Waals surface area contributed by atoms with Gasteiger partial charge in [-0.25, -0.2) is 9.97 Å². The highest BCUT2D eigenvalue weighted by Gasteiger charge is 2.18. The quantitative estimate of drug-likeness (QED) is 0.915. The Morgan fingerprint density at radius 3 is 2.42 bits per heavy atom. The summed E-state index contributed by atoms with van der Waals surface area (Å²) in [6.07, 6.45) is 0.812. The third kappa shape index (κ3) is 2.97. The molecule has 1 N–H and O–H groups in total. The molecule has 2 aromatic rings. The molecule has 0 fully saturated rings. The monoisotopic (exact) mass is 258 g/mol. The highest BCUT2D eigenvalue weighted by molar-refractivity contribution is 5.25. The Labute approximate surface area is 113 Å². The number of aromatic nitrogens is 2. The molecule has 2 atom stereocenters. The first-order chi connectivity index (χ1) is 9.13. The lowest BCUT2D eigenvalue weighted by Gasteiger charge is -2.16. The summed E-state index contributed by atoms with van der Waals surface area (Å²) in [6.45, 7) is 3.57. The summed E-state index contributed by atoms with van der Waals surface area (Å²) in [5.74, 6) is 0.607. The maximum atomic E-state index is 9.60. The lowest BCUT2D eigenvalue weighted by Crippen LogP contribution is -2.11. The molecule has 0 saturated carbocycles. The van der Waals surface area contributed by atoms with Gasteiger partial charge in [-0.3, -0.25) is 0 Å². The van der Waals surface area contributed by atoms with Crippen molar-refractivity contribution in [3.8, 4) is 0 Å². The predicted octanol–water partition coefficient (Wildman–Crippen LogP) is 2.57. The van der Waals surface area contributed by atoms with Gasteiger partial charge < -0.3 is 9.84 Å². The molecule has 4 heteroatoms. The molecular weight excluding hydrogens is 240 g/mol. The van der Waals surface area contributed by atoms with Gasteiger partial charge in [0, 0.05) is 24.6 Å². The molecule has 0 radical (unpaired) electrons. The molecule has 0 aliphatic heterocycles. The van der Waals surface area contributed by atoms with Crippen molar-refractivity contribution in [2.45, 2.75) is 26.1 Å². The fourth-order valence-electron chi connectivity index (χ4n) is 2.05. The van der Waals surface area contributed by atoms with Crippen LogP contribution in [0, 0.1) is 6.92 Å². The van der Waals surface area contributed by atoms with Crippen LogP contribution in [0.15, 0.2) is 36.5 Å². The van der Waals surface area contributed by atoms with E-state index in [2.05, 4.69) is 9.97 Å². The van der Waals surface area contributed by atoms with E-state index in [1.165, 1.54) is 0 Å². The van der Waals surface area contributed by atoms with Crippen molar-refractivity contribution in [1.29, 1.82) is 0 Å². The standard InChI is InChI=1S/C15H18N2O2/c1-10-13(11(2)18)9-16-15(17-10)14(19-3)12-7-5-4-6-8-12/h4-9,11,14,18H,1-3H3/t11-,14?/m1/s1. The summed E-state index contributed by atoms with van der Waals surface area (Å²) in [6, 6.07) is 9.83. The zero-order chi connectivity index (χ0) is 13.8. The van der Waals surface area contributed by atoms with Crippen LogP contribution in [0.25, 0.3) is 0 Å². The Bertz CT molecular complexity index is 541. The van der Waals surface area contributed by atoms with Gasteiger partial charge in [0.05, 0.1) is 6.10 Å². The van der Waals surface area contributed by atoms with E-state index >= 15 is 0 Å². The molecule has 1 unspecified atom stereocenters. The minimum Gasteiger partial charge on any atom is -0.389 e. The lowest BCUT2D eigenvalue weighted by atomic mass is 10.1. The Hall–Kier alpha value is -1.78. The number of aliphatic hydroxyl groups excluding tert-OH is 1. The third-order valence-electron chi connectivity index (χ3n) is 3.06. The zero-order valence-corrected chi connectivity index (χ0v) is 11.4. The average molecular weight is 258 g/mol. The van der Waals surface area contributed by atoms with Crippen molar-refractivity contribution in [3.63, 3.8) is 0 Å². The van der Waals surface area contributed by atoms with Gasteiger partial charge in [0.25, 0.3) is 0 Å². The van der Waals surface area contributed by atoms with Crippen molar-refractivity contribution >= 4 is 0 Å². The van der Waals surface area contributed by atoms with E-state index in [0.29, 0.717) is 5.82 Å². The van der Waals surface area contributed by atoms with Gasteiger partial charge in [0.2, 0.25) is 0 Å². The van der Waals surface area contributed by atoms with E-state index in [4.69, 9.17) is 4.74 Å². The fourth-order valence-corrected chi connectivity index (χ4v) is 2.05. The molecular formula is C15H18N2O2. The first kappa shape index (κ1) is 13.6. The first-order valence-electron chi connectivity index (χ1n) is 6.22. The number of aliphatic hydroxyl groups is 1. The third-order valence-corrected chi connectivity index (χ3v) is 3.06. The highest BCUT2D eigenvalue weighted by Crippen LogP contribution is 2.24. The van der Waals surface area contributed by atoms with Crippen LogP contribution in [-0.2, 0) is 4.74 Å². The lowest BCUT2D eigenvalue weighted by molar-refractivity contribution is 0.128. The number of ether oxygens (including phenoxy) is 1. The van der Waals surface area contributed by atoms with Crippen LogP contribution in [0.1, 0.15) is 41.8 Å². The SMILES string of the molecule is COC(c1ccccc1)c1ncc([C@@H](C)O)c(C)n1. The van der Waals surface area contributed by atoms with Gasteiger partial charge in [0.15, 0.2) is 5.82 Å². The van der Waals surface area contributed by atoms with Crippen molar-refractivity contribution in [1.82, 2.24) is 9.97 Å². The summed E-state index contributed by atoms with van der Waals surface area (Å²) < 4.78 is 5.49. The fraction of sp³-hybridized carbons (Fsp3) is 0.333. The van der Waals surface area contributed by atoms with Crippen LogP contribution in [0.5, 0.6) is 0 Å². The van der Waals surface area contributed by atoms with E-state index in [-0.39, 0.29) is 6.10 Å². The number of hydrogen-bond acceptors (Lipinski definition) is 4. The number of nitrogens with zero attached hydrogens (tertiary/aromatic N) is 2. The number of methoxy groups -OCH3 is 1. The molecule has 2 rings (SSSR count). The first-order valence-corrected chi connectivity index (χ1v) is 6.22. The maximum Gasteiger partial charge on any atom is 0.162 e. The van der Waals surface area contributed by atoms with Gasteiger partial charge in [-0.05, 0) is 19.4 Å². The number of hydrogen-bond donors (Lipinski definition) is 1. The Morgan fingerprint density at radius 2 is 1.89 bits per heavy atom.